The summed E-state index contributed by atoms with van der Waals surface area (Å²) in [6.45, 7) is 27.5. The highest BCUT2D eigenvalue weighted by atomic mass is 14.9. The topological polar surface area (TPSA) is 102 Å². The SMILES string of the molecule is Cc1c(C)c(CB(Cc2c(C)c(C)c(C#Cc3ccc(Nc4ccccc4N)cc3)c(C)c2C)c2c(C)c(C)c(C#Cc3ccc(Nc4ccccc4N)cc3)c(C)c2C)c(C)c(C)c1C#Cc1ccc(Cc2ccccc2N)cc1. The van der Waals surface area contributed by atoms with E-state index in [9.17, 15) is 0 Å². The zero-order chi connectivity index (χ0) is 57.6. The van der Waals surface area contributed by atoms with Crippen molar-refractivity contribution in [2.24, 2.45) is 0 Å². The van der Waals surface area contributed by atoms with E-state index in [1.165, 1.54) is 88.9 Å². The molecular weight excluding hydrogens is 982 g/mol. The van der Waals surface area contributed by atoms with Crippen molar-refractivity contribution in [3.63, 3.8) is 0 Å². The van der Waals surface area contributed by atoms with Gasteiger partial charge in [0.2, 0.25) is 0 Å². The minimum absolute atomic E-state index is 0.160. The lowest BCUT2D eigenvalue weighted by Gasteiger charge is -2.28. The number of benzene rings is 9. The summed E-state index contributed by atoms with van der Waals surface area (Å²) in [5.41, 5.74) is 52.6. The van der Waals surface area contributed by atoms with E-state index in [0.29, 0.717) is 11.4 Å². The summed E-state index contributed by atoms with van der Waals surface area (Å²) < 4.78 is 0. The summed E-state index contributed by atoms with van der Waals surface area (Å²) in [5.74, 6) is 21.5. The zero-order valence-corrected chi connectivity index (χ0v) is 49.3. The van der Waals surface area contributed by atoms with Crippen molar-refractivity contribution >= 4 is 52.0 Å². The molecule has 0 aliphatic rings. The van der Waals surface area contributed by atoms with E-state index in [4.69, 9.17) is 17.2 Å². The molecule has 8 N–H and O–H groups in total. The molecule has 0 saturated carbocycles. The summed E-state index contributed by atoms with van der Waals surface area (Å²) >= 11 is 0. The summed E-state index contributed by atoms with van der Waals surface area (Å²) in [4.78, 5) is 0. The maximum atomic E-state index is 6.28. The van der Waals surface area contributed by atoms with Gasteiger partial charge in [0.15, 0.2) is 6.71 Å². The second kappa shape index (κ2) is 24.4. The molecule has 9 aromatic carbocycles. The lowest BCUT2D eigenvalue weighted by molar-refractivity contribution is 1.10. The highest BCUT2D eigenvalue weighted by Gasteiger charge is 2.29. The molecule has 0 aliphatic carbocycles. The molecular formula is C75H74BN5. The van der Waals surface area contributed by atoms with Gasteiger partial charge in [-0.1, -0.05) is 107 Å². The van der Waals surface area contributed by atoms with E-state index in [2.05, 4.69) is 208 Å². The Morgan fingerprint density at radius 1 is 0.333 bits per heavy atom. The average Bonchev–Trinajstić information content (AvgIpc) is 3.46. The van der Waals surface area contributed by atoms with Gasteiger partial charge in [-0.15, -0.1) is 0 Å². The fraction of sp³-hybridized carbons (Fsp3) is 0.200. The molecule has 402 valence electrons. The van der Waals surface area contributed by atoms with Crippen LogP contribution in [-0.2, 0) is 19.1 Å². The Kier molecular flexibility index (Phi) is 17.0. The van der Waals surface area contributed by atoms with Crippen LogP contribution in [0.15, 0.2) is 146 Å². The molecule has 0 atom stereocenters. The van der Waals surface area contributed by atoms with E-state index in [1.54, 1.807) is 0 Å². The molecule has 0 amide bonds. The monoisotopic (exact) mass is 1060 g/mol. The molecule has 9 rings (SSSR count). The minimum atomic E-state index is 0.160. The predicted molar refractivity (Wildman–Crippen MR) is 348 cm³/mol. The van der Waals surface area contributed by atoms with E-state index in [1.807, 2.05) is 66.7 Å². The van der Waals surface area contributed by atoms with Crippen molar-refractivity contribution in [1.29, 1.82) is 0 Å². The molecule has 0 fully saturated rings. The molecule has 0 bridgehead atoms. The zero-order valence-electron chi connectivity index (χ0n) is 49.3. The fourth-order valence-corrected chi connectivity index (χ4v) is 11.5. The van der Waals surface area contributed by atoms with Gasteiger partial charge in [-0.2, -0.15) is 0 Å². The third kappa shape index (κ3) is 12.3. The molecule has 0 saturated heterocycles. The molecule has 6 heteroatoms. The molecule has 5 nitrogen and oxygen atoms in total. The van der Waals surface area contributed by atoms with Crippen LogP contribution >= 0.6 is 0 Å². The number of anilines is 7. The van der Waals surface area contributed by atoms with Crippen molar-refractivity contribution in [2.45, 2.75) is 102 Å². The van der Waals surface area contributed by atoms with Gasteiger partial charge in [0.05, 0.1) is 22.7 Å². The Bertz CT molecular complexity index is 3810. The lowest BCUT2D eigenvalue weighted by atomic mass is 9.36. The van der Waals surface area contributed by atoms with Crippen molar-refractivity contribution in [3.8, 4) is 35.5 Å². The molecule has 0 aromatic heterocycles. The molecule has 9 aromatic rings. The Balaban J connectivity index is 1.07. The molecule has 0 aliphatic heterocycles. The summed E-state index contributed by atoms with van der Waals surface area (Å²) in [6, 6.07) is 48.8. The molecule has 0 spiro atoms. The van der Waals surface area contributed by atoms with Crippen LogP contribution in [0.4, 0.5) is 39.8 Å². The summed E-state index contributed by atoms with van der Waals surface area (Å²) in [6.07, 6.45) is 2.54. The number of para-hydroxylation sites is 5. The Morgan fingerprint density at radius 3 is 1.01 bits per heavy atom. The quantitative estimate of drug-likeness (QED) is 0.0505. The summed E-state index contributed by atoms with van der Waals surface area (Å²) in [5, 5.41) is 6.87. The highest BCUT2D eigenvalue weighted by molar-refractivity contribution is 6.73. The second-order valence-electron chi connectivity index (χ2n) is 22.0. The first-order chi connectivity index (χ1) is 38.9. The van der Waals surface area contributed by atoms with Crippen LogP contribution in [0.3, 0.4) is 0 Å². The summed E-state index contributed by atoms with van der Waals surface area (Å²) in [7, 11) is 0. The Morgan fingerprint density at radius 2 is 0.654 bits per heavy atom. The van der Waals surface area contributed by atoms with E-state index in [-0.39, 0.29) is 6.71 Å². The number of hydrogen-bond donors (Lipinski definition) is 5. The standard InChI is InChI=1S/C75H74BN5/c1-46-50(5)68(51(6)47(2)65(46)40-33-58-25-27-61(28-26-58)43-62-19-13-14-20-70(62)77)44-76(75-56(11)54(9)67(55(10)57(75)12)42-35-60-31-38-64(39-32-60)81-74-24-18-16-22-72(74)79)45-69-52(7)48(3)66(49(4)53(69)8)41-34-59-29-36-63(37-30-59)80-73-23-17-15-21-71(73)78/h13-32,36-39,80-81H,43-45,77-79H2,1-12H3. The Labute approximate surface area is 482 Å². The van der Waals surface area contributed by atoms with Crippen LogP contribution in [0.1, 0.15) is 122 Å². The molecule has 0 unspecified atom stereocenters. The first-order valence-corrected chi connectivity index (χ1v) is 28.1. The van der Waals surface area contributed by atoms with Gasteiger partial charge in [0.1, 0.15) is 0 Å². The number of hydrogen-bond acceptors (Lipinski definition) is 5. The maximum Gasteiger partial charge on any atom is 0.185 e. The molecule has 0 radical (unpaired) electrons. The van der Waals surface area contributed by atoms with Crippen molar-refractivity contribution < 1.29 is 0 Å². The van der Waals surface area contributed by atoms with Gasteiger partial charge < -0.3 is 27.8 Å². The third-order valence-corrected chi connectivity index (χ3v) is 17.2. The van der Waals surface area contributed by atoms with Gasteiger partial charge in [-0.25, -0.2) is 0 Å². The van der Waals surface area contributed by atoms with Crippen LogP contribution in [0.2, 0.25) is 0 Å². The van der Waals surface area contributed by atoms with Crippen LogP contribution in [-0.4, -0.2) is 6.71 Å². The van der Waals surface area contributed by atoms with E-state index >= 15 is 0 Å². The van der Waals surface area contributed by atoms with Gasteiger partial charge in [0.25, 0.3) is 0 Å². The van der Waals surface area contributed by atoms with Crippen molar-refractivity contribution in [1.82, 2.24) is 0 Å². The number of nitrogens with one attached hydrogen (secondary N) is 2. The largest absolute Gasteiger partial charge is 0.398 e. The normalized spacial score (nSPS) is 10.7. The van der Waals surface area contributed by atoms with Gasteiger partial charge in [0, 0.05) is 50.4 Å². The number of rotatable bonds is 11. The first kappa shape index (κ1) is 56.4. The lowest BCUT2D eigenvalue weighted by Crippen LogP contribution is -2.41. The van der Waals surface area contributed by atoms with Crippen molar-refractivity contribution in [2.75, 3.05) is 27.8 Å². The van der Waals surface area contributed by atoms with Crippen LogP contribution in [0, 0.1) is 119 Å². The van der Waals surface area contributed by atoms with Crippen LogP contribution in [0.5, 0.6) is 0 Å². The number of nitrogen functional groups attached to an aromatic ring is 3. The highest BCUT2D eigenvalue weighted by Crippen LogP contribution is 2.33. The average molecular weight is 1060 g/mol. The van der Waals surface area contributed by atoms with Crippen LogP contribution < -0.4 is 33.3 Å². The van der Waals surface area contributed by atoms with Gasteiger partial charge in [-0.3, -0.25) is 0 Å². The fourth-order valence-electron chi connectivity index (χ4n) is 11.5. The van der Waals surface area contributed by atoms with Gasteiger partial charge in [-0.05, 0) is 271 Å². The maximum absolute atomic E-state index is 6.28. The van der Waals surface area contributed by atoms with Crippen LogP contribution in [0.25, 0.3) is 0 Å². The smallest absolute Gasteiger partial charge is 0.185 e. The van der Waals surface area contributed by atoms with E-state index in [0.717, 1.165) is 86.4 Å². The third-order valence-electron chi connectivity index (χ3n) is 17.2. The molecule has 0 heterocycles. The Hall–Kier alpha value is -9.28. The minimum Gasteiger partial charge on any atom is -0.398 e. The predicted octanol–water partition coefficient (Wildman–Crippen LogP) is 15.7. The van der Waals surface area contributed by atoms with Gasteiger partial charge >= 0.3 is 0 Å². The number of nitrogens with two attached hydrogens (primary N) is 3. The second-order valence-corrected chi connectivity index (χ2v) is 22.0. The first-order valence-electron chi connectivity index (χ1n) is 28.1. The van der Waals surface area contributed by atoms with E-state index < -0.39 is 0 Å². The van der Waals surface area contributed by atoms with Crippen molar-refractivity contribution in [3.05, 3.63) is 268 Å². The molecule has 81 heavy (non-hydrogen) atoms.